The molecule has 0 aromatic carbocycles. The van der Waals surface area contributed by atoms with Crippen molar-refractivity contribution in [2.45, 2.75) is 116 Å². The fourth-order valence-corrected chi connectivity index (χ4v) is 3.92. The third-order valence-electron chi connectivity index (χ3n) is 5.43. The molecule has 0 rings (SSSR count). The first-order valence-corrected chi connectivity index (χ1v) is 11.9. The van der Waals surface area contributed by atoms with Crippen LogP contribution < -0.4 is 0 Å². The predicted molar refractivity (Wildman–Crippen MR) is 117 cm³/mol. The van der Waals surface area contributed by atoms with Gasteiger partial charge in [0, 0.05) is 5.88 Å². The fraction of sp³-hybridized carbons (Fsp3) is 1.00. The van der Waals surface area contributed by atoms with E-state index in [1.165, 1.54) is 116 Å². The number of hydrogen-bond acceptors (Lipinski definition) is 1. The van der Waals surface area contributed by atoms with Crippen molar-refractivity contribution in [3.8, 4) is 0 Å². The summed E-state index contributed by atoms with van der Waals surface area (Å²) in [7, 11) is 4.36. The molecular weight excluding hydrogens is 326 g/mol. The molecule has 0 N–H and O–H groups in total. The van der Waals surface area contributed by atoms with Crippen LogP contribution in [0, 0.1) is 5.92 Å². The molecular formula is C23H48ClN. The number of nitrogens with zero attached hydrogens (tertiary/aromatic N) is 1. The van der Waals surface area contributed by atoms with Gasteiger partial charge in [-0.2, -0.15) is 0 Å². The summed E-state index contributed by atoms with van der Waals surface area (Å²) in [4.78, 5) is 2.31. The molecule has 0 spiro atoms. The van der Waals surface area contributed by atoms with Crippen molar-refractivity contribution in [1.29, 1.82) is 0 Å². The van der Waals surface area contributed by atoms with Crippen molar-refractivity contribution in [2.75, 3.05) is 26.5 Å². The van der Waals surface area contributed by atoms with Crippen molar-refractivity contribution in [3.05, 3.63) is 0 Å². The average Bonchev–Trinajstić information content (AvgIpc) is 2.59. The molecule has 0 aliphatic carbocycles. The lowest BCUT2D eigenvalue weighted by molar-refractivity contribution is 0.338. The van der Waals surface area contributed by atoms with E-state index in [0.717, 1.165) is 11.8 Å². The highest BCUT2D eigenvalue weighted by atomic mass is 35.5. The topological polar surface area (TPSA) is 3.24 Å². The summed E-state index contributed by atoms with van der Waals surface area (Å²) >= 11 is 5.90. The van der Waals surface area contributed by atoms with Crippen LogP contribution in [0.15, 0.2) is 0 Å². The molecule has 0 amide bonds. The number of rotatable bonds is 20. The molecule has 0 aliphatic heterocycles. The van der Waals surface area contributed by atoms with Crippen LogP contribution in [0.1, 0.15) is 116 Å². The van der Waals surface area contributed by atoms with E-state index in [0.29, 0.717) is 0 Å². The summed E-state index contributed by atoms with van der Waals surface area (Å²) in [6, 6.07) is 0. The smallest absolute Gasteiger partial charge is 0.0223 e. The molecule has 0 fully saturated rings. The SMILES string of the molecule is CCCCCCCCCCCCCCC(CCCCl)CCCN(C)C. The van der Waals surface area contributed by atoms with E-state index >= 15 is 0 Å². The lowest BCUT2D eigenvalue weighted by atomic mass is 9.91. The van der Waals surface area contributed by atoms with E-state index in [1.807, 2.05) is 0 Å². The molecule has 0 heterocycles. The first-order chi connectivity index (χ1) is 12.2. The maximum Gasteiger partial charge on any atom is 0.0223 e. The molecule has 0 radical (unpaired) electrons. The van der Waals surface area contributed by atoms with Crippen LogP contribution >= 0.6 is 11.6 Å². The monoisotopic (exact) mass is 373 g/mol. The Morgan fingerprint density at radius 2 is 1.04 bits per heavy atom. The molecule has 0 aromatic heterocycles. The Bertz CT molecular complexity index is 242. The van der Waals surface area contributed by atoms with Crippen LogP contribution in [0.5, 0.6) is 0 Å². The summed E-state index contributed by atoms with van der Waals surface area (Å²) in [6.07, 6.45) is 24.1. The summed E-state index contributed by atoms with van der Waals surface area (Å²) in [6.45, 7) is 3.53. The molecule has 0 saturated heterocycles. The standard InChI is InChI=1S/C23H48ClN/c1-4-5-6-7-8-9-10-11-12-13-14-15-18-23(19-16-21-24)20-17-22-25(2)3/h23H,4-22H2,1-3H3. The Kier molecular flexibility index (Phi) is 20.8. The van der Waals surface area contributed by atoms with E-state index in [-0.39, 0.29) is 0 Å². The number of hydrogen-bond donors (Lipinski definition) is 0. The van der Waals surface area contributed by atoms with Crippen LogP contribution in [-0.2, 0) is 0 Å². The van der Waals surface area contributed by atoms with Gasteiger partial charge >= 0.3 is 0 Å². The first kappa shape index (κ1) is 25.2. The van der Waals surface area contributed by atoms with E-state index in [9.17, 15) is 0 Å². The maximum atomic E-state index is 5.90. The number of unbranched alkanes of at least 4 members (excludes halogenated alkanes) is 11. The molecule has 1 nitrogen and oxygen atoms in total. The highest BCUT2D eigenvalue weighted by Crippen LogP contribution is 2.22. The molecule has 1 unspecified atom stereocenters. The molecule has 0 saturated carbocycles. The van der Waals surface area contributed by atoms with Gasteiger partial charge in [0.05, 0.1) is 0 Å². The number of alkyl halides is 1. The van der Waals surface area contributed by atoms with Gasteiger partial charge in [0.25, 0.3) is 0 Å². The zero-order valence-corrected chi connectivity index (χ0v) is 18.6. The minimum Gasteiger partial charge on any atom is -0.309 e. The van der Waals surface area contributed by atoms with Gasteiger partial charge in [-0.3, -0.25) is 0 Å². The molecule has 0 bridgehead atoms. The second-order valence-corrected chi connectivity index (χ2v) is 8.70. The van der Waals surface area contributed by atoms with E-state index in [4.69, 9.17) is 11.6 Å². The van der Waals surface area contributed by atoms with E-state index in [2.05, 4.69) is 25.9 Å². The zero-order valence-electron chi connectivity index (χ0n) is 17.8. The lowest BCUT2D eigenvalue weighted by Crippen LogP contribution is -2.14. The first-order valence-electron chi connectivity index (χ1n) is 11.4. The summed E-state index contributed by atoms with van der Waals surface area (Å²) in [5.41, 5.74) is 0. The Morgan fingerprint density at radius 3 is 1.52 bits per heavy atom. The van der Waals surface area contributed by atoms with Gasteiger partial charge in [-0.05, 0) is 52.2 Å². The largest absolute Gasteiger partial charge is 0.309 e. The molecule has 1 atom stereocenters. The third kappa shape index (κ3) is 20.4. The fourth-order valence-electron chi connectivity index (χ4n) is 3.77. The third-order valence-corrected chi connectivity index (χ3v) is 5.70. The quantitative estimate of drug-likeness (QED) is 0.154. The second kappa shape index (κ2) is 20.6. The van der Waals surface area contributed by atoms with Crippen molar-refractivity contribution in [3.63, 3.8) is 0 Å². The van der Waals surface area contributed by atoms with Gasteiger partial charge in [-0.15, -0.1) is 11.6 Å². The minimum atomic E-state index is 0.836. The predicted octanol–water partition coefficient (Wildman–Crippen LogP) is 8.05. The van der Waals surface area contributed by atoms with Gasteiger partial charge in [-0.1, -0.05) is 90.4 Å². The summed E-state index contributed by atoms with van der Waals surface area (Å²) < 4.78 is 0. The number of halogens is 1. The van der Waals surface area contributed by atoms with Crippen molar-refractivity contribution >= 4 is 11.6 Å². The van der Waals surface area contributed by atoms with Crippen LogP contribution in [0.3, 0.4) is 0 Å². The highest BCUT2D eigenvalue weighted by Gasteiger charge is 2.08. The Morgan fingerprint density at radius 1 is 0.600 bits per heavy atom. The average molecular weight is 374 g/mol. The van der Waals surface area contributed by atoms with E-state index < -0.39 is 0 Å². The van der Waals surface area contributed by atoms with Crippen molar-refractivity contribution < 1.29 is 0 Å². The van der Waals surface area contributed by atoms with Crippen LogP contribution in [0.2, 0.25) is 0 Å². The Hall–Kier alpha value is 0.250. The Labute approximate surface area is 165 Å². The lowest BCUT2D eigenvalue weighted by Gasteiger charge is -2.18. The van der Waals surface area contributed by atoms with Gasteiger partial charge in [0.1, 0.15) is 0 Å². The van der Waals surface area contributed by atoms with Gasteiger partial charge in [0.15, 0.2) is 0 Å². The summed E-state index contributed by atoms with van der Waals surface area (Å²) in [5.74, 6) is 1.75. The van der Waals surface area contributed by atoms with Crippen molar-refractivity contribution in [1.82, 2.24) is 4.90 Å². The van der Waals surface area contributed by atoms with Gasteiger partial charge < -0.3 is 4.90 Å². The van der Waals surface area contributed by atoms with Gasteiger partial charge in [0.2, 0.25) is 0 Å². The van der Waals surface area contributed by atoms with E-state index in [1.54, 1.807) is 0 Å². The van der Waals surface area contributed by atoms with Crippen LogP contribution in [0.25, 0.3) is 0 Å². The molecule has 2 heteroatoms. The maximum absolute atomic E-state index is 5.90. The molecule has 25 heavy (non-hydrogen) atoms. The van der Waals surface area contributed by atoms with Gasteiger partial charge in [-0.25, -0.2) is 0 Å². The van der Waals surface area contributed by atoms with Crippen molar-refractivity contribution in [2.24, 2.45) is 5.92 Å². The minimum absolute atomic E-state index is 0.836. The zero-order chi connectivity index (χ0) is 18.6. The molecule has 0 aliphatic rings. The molecule has 0 aromatic rings. The highest BCUT2D eigenvalue weighted by molar-refractivity contribution is 6.17. The Balaban J connectivity index is 3.44. The molecule has 152 valence electrons. The summed E-state index contributed by atoms with van der Waals surface area (Å²) in [5, 5.41) is 0. The normalized spacial score (nSPS) is 12.8. The van der Waals surface area contributed by atoms with Crippen LogP contribution in [0.4, 0.5) is 0 Å². The van der Waals surface area contributed by atoms with Crippen LogP contribution in [-0.4, -0.2) is 31.4 Å². The second-order valence-electron chi connectivity index (χ2n) is 8.32.